The summed E-state index contributed by atoms with van der Waals surface area (Å²) in [5.41, 5.74) is 5.17. The number of rotatable bonds is 8. The summed E-state index contributed by atoms with van der Waals surface area (Å²) in [6.45, 7) is 9.31. The molecular formula is C29H31N3O3S. The monoisotopic (exact) mass is 501 g/mol. The molecule has 0 aliphatic heterocycles. The Morgan fingerprint density at radius 1 is 1.00 bits per heavy atom. The fraction of sp³-hybridized carbons (Fsp3) is 0.276. The van der Waals surface area contributed by atoms with Crippen LogP contribution in [0.2, 0.25) is 0 Å². The Labute approximate surface area is 215 Å². The first-order valence-electron chi connectivity index (χ1n) is 12.1. The highest BCUT2D eigenvalue weighted by Crippen LogP contribution is 2.27. The molecule has 1 amide bonds. The van der Waals surface area contributed by atoms with Crippen molar-refractivity contribution in [1.82, 2.24) is 14.5 Å². The maximum Gasteiger partial charge on any atom is 0.266 e. The lowest BCUT2D eigenvalue weighted by atomic mass is 10.1. The zero-order valence-electron chi connectivity index (χ0n) is 21.4. The zero-order chi connectivity index (χ0) is 25.8. The van der Waals surface area contributed by atoms with Crippen molar-refractivity contribution in [2.24, 2.45) is 0 Å². The van der Waals surface area contributed by atoms with E-state index in [1.165, 1.54) is 28.5 Å². The van der Waals surface area contributed by atoms with Gasteiger partial charge in [0.25, 0.3) is 11.5 Å². The number of fused-ring (bicyclic) bond motifs is 1. The number of carbonyl (C=O) groups is 1. The van der Waals surface area contributed by atoms with Crippen LogP contribution in [0.5, 0.6) is 5.75 Å². The Hall–Kier alpha value is -3.58. The van der Waals surface area contributed by atoms with E-state index in [-0.39, 0.29) is 11.5 Å². The van der Waals surface area contributed by atoms with E-state index in [4.69, 9.17) is 9.72 Å². The highest BCUT2D eigenvalue weighted by Gasteiger charge is 2.18. The van der Waals surface area contributed by atoms with E-state index in [1.807, 2.05) is 38.1 Å². The molecule has 36 heavy (non-hydrogen) atoms. The van der Waals surface area contributed by atoms with E-state index < -0.39 is 0 Å². The van der Waals surface area contributed by atoms with Gasteiger partial charge in [-0.1, -0.05) is 35.5 Å². The van der Waals surface area contributed by atoms with Crippen molar-refractivity contribution in [3.63, 3.8) is 0 Å². The molecule has 3 aromatic carbocycles. The van der Waals surface area contributed by atoms with Crippen molar-refractivity contribution < 1.29 is 9.53 Å². The summed E-state index contributed by atoms with van der Waals surface area (Å²) >= 11 is 1.51. The van der Waals surface area contributed by atoms with Crippen LogP contribution in [-0.4, -0.2) is 40.6 Å². The molecule has 0 bridgehead atoms. The maximum absolute atomic E-state index is 13.7. The Morgan fingerprint density at radius 3 is 2.39 bits per heavy atom. The van der Waals surface area contributed by atoms with Crippen LogP contribution in [0.4, 0.5) is 0 Å². The maximum atomic E-state index is 13.7. The molecule has 0 saturated carbocycles. The molecule has 7 heteroatoms. The Morgan fingerprint density at radius 2 is 1.72 bits per heavy atom. The van der Waals surface area contributed by atoms with Crippen LogP contribution in [-0.2, 0) is 5.75 Å². The van der Waals surface area contributed by atoms with Gasteiger partial charge < -0.3 is 9.64 Å². The Kier molecular flexibility index (Phi) is 7.79. The number of benzene rings is 3. The summed E-state index contributed by atoms with van der Waals surface area (Å²) in [5, 5.41) is 1.05. The van der Waals surface area contributed by atoms with Gasteiger partial charge in [-0.3, -0.25) is 14.2 Å². The molecule has 0 fully saturated rings. The molecule has 0 unspecified atom stereocenters. The summed E-state index contributed by atoms with van der Waals surface area (Å²) in [4.78, 5) is 33.4. The van der Waals surface area contributed by atoms with Gasteiger partial charge in [0.1, 0.15) is 5.75 Å². The van der Waals surface area contributed by atoms with Crippen LogP contribution in [0.25, 0.3) is 16.6 Å². The molecule has 1 aromatic heterocycles. The van der Waals surface area contributed by atoms with Crippen LogP contribution in [0.1, 0.15) is 40.9 Å². The molecule has 0 spiro atoms. The van der Waals surface area contributed by atoms with Crippen LogP contribution in [0, 0.1) is 13.8 Å². The minimum absolute atomic E-state index is 0.0624. The number of aryl methyl sites for hydroxylation is 2. The second-order valence-electron chi connectivity index (χ2n) is 8.66. The van der Waals surface area contributed by atoms with E-state index in [1.54, 1.807) is 34.8 Å². The summed E-state index contributed by atoms with van der Waals surface area (Å²) in [7, 11) is 1.61. The largest absolute Gasteiger partial charge is 0.497 e. The van der Waals surface area contributed by atoms with E-state index >= 15 is 0 Å². The topological polar surface area (TPSA) is 64.4 Å². The highest BCUT2D eigenvalue weighted by molar-refractivity contribution is 7.98. The predicted molar refractivity (Wildman–Crippen MR) is 147 cm³/mol. The third-order valence-electron chi connectivity index (χ3n) is 6.33. The van der Waals surface area contributed by atoms with Crippen molar-refractivity contribution in [3.8, 4) is 11.4 Å². The molecule has 4 aromatic rings. The van der Waals surface area contributed by atoms with Gasteiger partial charge in [0.2, 0.25) is 0 Å². The van der Waals surface area contributed by atoms with Gasteiger partial charge in [-0.05, 0) is 81.3 Å². The summed E-state index contributed by atoms with van der Waals surface area (Å²) in [6.07, 6.45) is 0. The van der Waals surface area contributed by atoms with Crippen LogP contribution >= 0.6 is 11.8 Å². The quantitative estimate of drug-likeness (QED) is 0.226. The van der Waals surface area contributed by atoms with Gasteiger partial charge in [-0.15, -0.1) is 0 Å². The van der Waals surface area contributed by atoms with Gasteiger partial charge in [0.15, 0.2) is 5.16 Å². The average Bonchev–Trinajstić information content (AvgIpc) is 2.89. The summed E-state index contributed by atoms with van der Waals surface area (Å²) in [5.74, 6) is 1.32. The highest BCUT2D eigenvalue weighted by atomic mass is 32.2. The first kappa shape index (κ1) is 25.5. The first-order valence-corrected chi connectivity index (χ1v) is 13.0. The predicted octanol–water partition coefficient (Wildman–Crippen LogP) is 5.79. The van der Waals surface area contributed by atoms with E-state index in [2.05, 4.69) is 32.0 Å². The lowest BCUT2D eigenvalue weighted by molar-refractivity contribution is 0.0773. The van der Waals surface area contributed by atoms with Crippen molar-refractivity contribution in [2.45, 2.75) is 38.6 Å². The fourth-order valence-electron chi connectivity index (χ4n) is 4.15. The molecule has 4 rings (SSSR count). The number of hydrogen-bond acceptors (Lipinski definition) is 5. The van der Waals surface area contributed by atoms with Gasteiger partial charge in [0, 0.05) is 24.4 Å². The van der Waals surface area contributed by atoms with Crippen molar-refractivity contribution in [3.05, 3.63) is 93.3 Å². The van der Waals surface area contributed by atoms with Gasteiger partial charge >= 0.3 is 0 Å². The minimum Gasteiger partial charge on any atom is -0.497 e. The number of aromatic nitrogens is 2. The molecule has 0 aliphatic carbocycles. The van der Waals surface area contributed by atoms with Crippen molar-refractivity contribution in [2.75, 3.05) is 20.2 Å². The molecule has 0 atom stereocenters. The molecule has 0 radical (unpaired) electrons. The molecule has 0 saturated heterocycles. The number of methoxy groups -OCH3 is 1. The average molecular weight is 502 g/mol. The van der Waals surface area contributed by atoms with Gasteiger partial charge in [-0.25, -0.2) is 4.98 Å². The summed E-state index contributed by atoms with van der Waals surface area (Å²) in [6, 6.07) is 18.9. The second-order valence-corrected chi connectivity index (χ2v) is 9.60. The normalized spacial score (nSPS) is 11.0. The number of ether oxygens (including phenoxy) is 1. The molecule has 1 heterocycles. The first-order chi connectivity index (χ1) is 17.4. The number of amides is 1. The molecule has 6 nitrogen and oxygen atoms in total. The van der Waals surface area contributed by atoms with E-state index in [0.29, 0.717) is 51.9 Å². The Bertz CT molecular complexity index is 1460. The number of carbonyl (C=O) groups excluding carboxylic acids is 1. The van der Waals surface area contributed by atoms with E-state index in [9.17, 15) is 9.59 Å². The fourth-order valence-corrected chi connectivity index (χ4v) is 5.22. The lowest BCUT2D eigenvalue weighted by Crippen LogP contribution is -2.30. The number of thioether (sulfide) groups is 1. The van der Waals surface area contributed by atoms with Crippen molar-refractivity contribution >= 4 is 28.6 Å². The number of nitrogens with zero attached hydrogens (tertiary/aromatic N) is 3. The summed E-state index contributed by atoms with van der Waals surface area (Å²) < 4.78 is 6.94. The van der Waals surface area contributed by atoms with Crippen molar-refractivity contribution in [1.29, 1.82) is 0 Å². The molecular weight excluding hydrogens is 470 g/mol. The number of hydrogen-bond donors (Lipinski definition) is 0. The third kappa shape index (κ3) is 5.16. The third-order valence-corrected chi connectivity index (χ3v) is 7.32. The Balaban J connectivity index is 1.85. The lowest BCUT2D eigenvalue weighted by Gasteiger charge is -2.19. The molecule has 0 aliphatic rings. The van der Waals surface area contributed by atoms with Gasteiger partial charge in [-0.2, -0.15) is 0 Å². The van der Waals surface area contributed by atoms with E-state index in [0.717, 1.165) is 0 Å². The minimum atomic E-state index is -0.171. The molecule has 186 valence electrons. The smallest absolute Gasteiger partial charge is 0.266 e. The van der Waals surface area contributed by atoms with Crippen LogP contribution in [0.3, 0.4) is 0 Å². The molecule has 0 N–H and O–H groups in total. The van der Waals surface area contributed by atoms with Crippen LogP contribution in [0.15, 0.2) is 70.6 Å². The van der Waals surface area contributed by atoms with Gasteiger partial charge in [0.05, 0.1) is 23.7 Å². The van der Waals surface area contributed by atoms with Crippen LogP contribution < -0.4 is 10.3 Å². The standard InChI is InChI=1S/C29H31N3O3S/c1-6-31(7-2)27(33)21-10-15-25-26(17-21)30-29(36-18-22-16-19(3)8-9-20(22)4)32(28(25)34)23-11-13-24(35-5)14-12-23/h8-17H,6-7,18H2,1-5H3. The second kappa shape index (κ2) is 11.0. The zero-order valence-corrected chi connectivity index (χ0v) is 22.2. The SMILES string of the molecule is CCN(CC)C(=O)c1ccc2c(=O)n(-c3ccc(OC)cc3)c(SCc3cc(C)ccc3C)nc2c1.